The van der Waals surface area contributed by atoms with E-state index in [4.69, 9.17) is 0 Å². The Morgan fingerprint density at radius 3 is 1.60 bits per heavy atom. The Morgan fingerprint density at radius 2 is 1.07 bits per heavy atom. The van der Waals surface area contributed by atoms with E-state index >= 15 is 0 Å². The molecule has 30 heavy (non-hydrogen) atoms. The molecule has 0 bridgehead atoms. The maximum absolute atomic E-state index is 14.2. The lowest BCUT2D eigenvalue weighted by Gasteiger charge is -2.03. The number of hydrogen-bond donors (Lipinski definition) is 0. The van der Waals surface area contributed by atoms with Crippen LogP contribution < -0.4 is 0 Å². The molecule has 2 heteroatoms. The monoisotopic (exact) mass is 398 g/mol. The highest BCUT2D eigenvalue weighted by atomic mass is 19.2. The molecule has 0 aromatic heterocycles. The van der Waals surface area contributed by atoms with Crippen molar-refractivity contribution >= 4 is 0 Å². The van der Waals surface area contributed by atoms with Crippen molar-refractivity contribution in [2.24, 2.45) is 0 Å². The maximum atomic E-state index is 14.2. The van der Waals surface area contributed by atoms with Gasteiger partial charge in [-0.2, -0.15) is 0 Å². The molecule has 0 amide bonds. The van der Waals surface area contributed by atoms with E-state index in [1.165, 1.54) is 5.56 Å². The number of halogens is 2. The van der Waals surface area contributed by atoms with Gasteiger partial charge in [-0.15, -0.1) is 0 Å². The van der Waals surface area contributed by atoms with Crippen molar-refractivity contribution in [2.75, 3.05) is 0 Å². The first-order valence-corrected chi connectivity index (χ1v) is 10.3. The van der Waals surface area contributed by atoms with E-state index in [2.05, 4.69) is 42.7 Å². The van der Waals surface area contributed by atoms with Gasteiger partial charge in [-0.1, -0.05) is 68.6 Å². The van der Waals surface area contributed by atoms with Gasteiger partial charge in [0.15, 0.2) is 11.6 Å². The third-order valence-corrected chi connectivity index (χ3v) is 4.75. The van der Waals surface area contributed by atoms with Gasteiger partial charge in [-0.05, 0) is 66.4 Å². The Bertz CT molecular complexity index is 1120. The predicted octanol–water partition coefficient (Wildman–Crippen LogP) is 6.67. The highest BCUT2D eigenvalue weighted by Gasteiger charge is 2.11. The van der Waals surface area contributed by atoms with Crippen LogP contribution in [0.15, 0.2) is 60.7 Å². The first kappa shape index (κ1) is 21.4. The van der Waals surface area contributed by atoms with E-state index in [9.17, 15) is 8.78 Å². The van der Waals surface area contributed by atoms with Gasteiger partial charge in [0.05, 0.1) is 5.56 Å². The molecule has 0 aliphatic rings. The van der Waals surface area contributed by atoms with Crippen molar-refractivity contribution in [1.29, 1.82) is 0 Å². The van der Waals surface area contributed by atoms with Gasteiger partial charge in [0.25, 0.3) is 0 Å². The topological polar surface area (TPSA) is 0 Å². The average Bonchev–Trinajstić information content (AvgIpc) is 2.77. The third-order valence-electron chi connectivity index (χ3n) is 4.75. The van der Waals surface area contributed by atoms with Crippen LogP contribution in [-0.4, -0.2) is 0 Å². The zero-order valence-electron chi connectivity index (χ0n) is 17.4. The molecule has 0 fully saturated rings. The minimum atomic E-state index is -0.874. The van der Waals surface area contributed by atoms with Crippen molar-refractivity contribution in [3.63, 3.8) is 0 Å². The number of aryl methyl sites for hydroxylation is 2. The van der Waals surface area contributed by atoms with E-state index in [1.807, 2.05) is 43.3 Å². The average molecular weight is 398 g/mol. The summed E-state index contributed by atoms with van der Waals surface area (Å²) in [7, 11) is 0. The van der Waals surface area contributed by atoms with Gasteiger partial charge in [0.1, 0.15) is 0 Å². The lowest BCUT2D eigenvalue weighted by molar-refractivity contribution is 0.496. The van der Waals surface area contributed by atoms with E-state index in [0.717, 1.165) is 36.0 Å². The van der Waals surface area contributed by atoms with Gasteiger partial charge in [-0.25, -0.2) is 8.78 Å². The predicted molar refractivity (Wildman–Crippen MR) is 119 cm³/mol. The fraction of sp³-hybridized carbons (Fsp3) is 0.214. The molecule has 0 unspecified atom stereocenters. The Labute approximate surface area is 178 Å². The van der Waals surface area contributed by atoms with Crippen LogP contribution >= 0.6 is 0 Å². The molecule has 0 atom stereocenters. The fourth-order valence-corrected chi connectivity index (χ4v) is 3.11. The first-order chi connectivity index (χ1) is 14.6. The normalized spacial score (nSPS) is 10.0. The van der Waals surface area contributed by atoms with Crippen molar-refractivity contribution in [2.45, 2.75) is 39.5 Å². The fourth-order valence-electron chi connectivity index (χ4n) is 3.11. The van der Waals surface area contributed by atoms with E-state index in [0.29, 0.717) is 12.0 Å². The molecule has 0 heterocycles. The van der Waals surface area contributed by atoms with Crippen LogP contribution in [0.3, 0.4) is 0 Å². The zero-order valence-corrected chi connectivity index (χ0v) is 17.4. The molecule has 0 N–H and O–H groups in total. The summed E-state index contributed by atoms with van der Waals surface area (Å²) in [5.41, 5.74) is 4.36. The largest absolute Gasteiger partial charge is 0.203 e. The Kier molecular flexibility index (Phi) is 7.42. The summed E-state index contributed by atoms with van der Waals surface area (Å²) >= 11 is 0. The number of benzene rings is 3. The summed E-state index contributed by atoms with van der Waals surface area (Å²) in [6.07, 6.45) is 3.49. The number of hydrogen-bond acceptors (Lipinski definition) is 0. The van der Waals surface area contributed by atoms with Crippen LogP contribution in [0.25, 0.3) is 0 Å². The van der Waals surface area contributed by atoms with Gasteiger partial charge in [0.2, 0.25) is 0 Å². The molecule has 0 nitrogen and oxygen atoms in total. The Morgan fingerprint density at radius 1 is 0.567 bits per heavy atom. The van der Waals surface area contributed by atoms with Crippen LogP contribution in [0.1, 0.15) is 60.1 Å². The summed E-state index contributed by atoms with van der Waals surface area (Å²) in [6, 6.07) is 18.9. The van der Waals surface area contributed by atoms with Crippen LogP contribution in [0.2, 0.25) is 0 Å². The van der Waals surface area contributed by atoms with Crippen molar-refractivity contribution < 1.29 is 8.78 Å². The van der Waals surface area contributed by atoms with Gasteiger partial charge >= 0.3 is 0 Å². The minimum absolute atomic E-state index is 0.0720. The highest BCUT2D eigenvalue weighted by molar-refractivity contribution is 5.48. The van der Waals surface area contributed by atoms with E-state index in [1.54, 1.807) is 12.1 Å². The molecule has 0 saturated carbocycles. The van der Waals surface area contributed by atoms with Crippen LogP contribution in [0, 0.1) is 35.3 Å². The van der Waals surface area contributed by atoms with Crippen molar-refractivity contribution in [3.05, 3.63) is 106 Å². The number of rotatable bonds is 4. The third kappa shape index (κ3) is 5.59. The molecule has 150 valence electrons. The molecular weight excluding hydrogens is 374 g/mol. The van der Waals surface area contributed by atoms with Gasteiger partial charge in [0, 0.05) is 16.7 Å². The smallest absolute Gasteiger partial charge is 0.174 e. The van der Waals surface area contributed by atoms with Crippen LogP contribution in [0.5, 0.6) is 0 Å². The second-order valence-electron chi connectivity index (χ2n) is 7.17. The lowest BCUT2D eigenvalue weighted by atomic mass is 10.1. The first-order valence-electron chi connectivity index (χ1n) is 10.3. The molecule has 3 rings (SSSR count). The van der Waals surface area contributed by atoms with Gasteiger partial charge in [-0.3, -0.25) is 0 Å². The second kappa shape index (κ2) is 10.4. The highest BCUT2D eigenvalue weighted by Crippen LogP contribution is 2.17. The van der Waals surface area contributed by atoms with Gasteiger partial charge < -0.3 is 0 Å². The lowest BCUT2D eigenvalue weighted by Crippen LogP contribution is -1.97. The van der Waals surface area contributed by atoms with E-state index in [-0.39, 0.29) is 5.56 Å². The maximum Gasteiger partial charge on any atom is 0.174 e. The quantitative estimate of drug-likeness (QED) is 0.431. The molecule has 0 spiro atoms. The molecular formula is C28H24F2. The van der Waals surface area contributed by atoms with Crippen molar-refractivity contribution in [1.82, 2.24) is 0 Å². The SMILES string of the molecule is CCCc1ccc(C#Cc2ccc(C#Cc3ccc(CCC)c(F)c3F)cc2)cc1. The molecule has 0 aliphatic carbocycles. The molecule has 3 aromatic carbocycles. The second-order valence-corrected chi connectivity index (χ2v) is 7.17. The Balaban J connectivity index is 1.71. The zero-order chi connectivity index (χ0) is 21.3. The molecule has 0 radical (unpaired) electrons. The summed E-state index contributed by atoms with van der Waals surface area (Å²) in [6.45, 7) is 4.10. The van der Waals surface area contributed by atoms with E-state index < -0.39 is 11.6 Å². The summed E-state index contributed by atoms with van der Waals surface area (Å²) < 4.78 is 28.2. The summed E-state index contributed by atoms with van der Waals surface area (Å²) in [5, 5.41) is 0. The molecule has 0 saturated heterocycles. The summed E-state index contributed by atoms with van der Waals surface area (Å²) in [5.74, 6) is 10.3. The van der Waals surface area contributed by atoms with Crippen molar-refractivity contribution in [3.8, 4) is 23.7 Å². The van der Waals surface area contributed by atoms with Crippen LogP contribution in [-0.2, 0) is 12.8 Å². The molecule has 0 aliphatic heterocycles. The standard InChI is InChI=1S/C28H24F2/c1-3-5-21-7-9-22(10-8-21)11-12-23-13-15-24(16-14-23)17-18-26-20-19-25(6-4-2)27(29)28(26)30/h7-10,13-16,19-20H,3-6H2,1-2H3. The molecule has 3 aromatic rings. The summed E-state index contributed by atoms with van der Waals surface area (Å²) in [4.78, 5) is 0. The Hall–Kier alpha value is -3.36. The van der Waals surface area contributed by atoms with Crippen LogP contribution in [0.4, 0.5) is 8.78 Å². The minimum Gasteiger partial charge on any atom is -0.203 e.